The highest BCUT2D eigenvalue weighted by molar-refractivity contribution is 5.98. The maximum atomic E-state index is 5.95. The van der Waals surface area contributed by atoms with Gasteiger partial charge in [0, 0.05) is 30.4 Å². The second kappa shape index (κ2) is 6.38. The molecule has 0 aliphatic rings. The van der Waals surface area contributed by atoms with E-state index in [1.807, 2.05) is 18.2 Å². The highest BCUT2D eigenvalue weighted by atomic mass is 15.1. The zero-order chi connectivity index (χ0) is 13.7. The second-order valence-electron chi connectivity index (χ2n) is 4.56. The van der Waals surface area contributed by atoms with Gasteiger partial charge in [0.1, 0.15) is 0 Å². The molecule has 2 aromatic rings. The smallest absolute Gasteiger partial charge is 0.0951 e. The van der Waals surface area contributed by atoms with E-state index in [4.69, 9.17) is 5.73 Å². The molecule has 0 spiro atoms. The van der Waals surface area contributed by atoms with Crippen molar-refractivity contribution >= 4 is 22.3 Å². The van der Waals surface area contributed by atoms with Crippen LogP contribution in [0.15, 0.2) is 30.5 Å². The Morgan fingerprint density at radius 2 is 2.00 bits per heavy atom. The van der Waals surface area contributed by atoms with E-state index in [0.29, 0.717) is 0 Å². The van der Waals surface area contributed by atoms with Gasteiger partial charge in [0.05, 0.1) is 11.2 Å². The molecule has 0 saturated carbocycles. The van der Waals surface area contributed by atoms with Gasteiger partial charge >= 0.3 is 0 Å². The van der Waals surface area contributed by atoms with E-state index < -0.39 is 0 Å². The highest BCUT2D eigenvalue weighted by Gasteiger charge is 2.05. The molecule has 0 unspecified atom stereocenters. The van der Waals surface area contributed by atoms with Crippen molar-refractivity contribution in [3.05, 3.63) is 30.5 Å². The van der Waals surface area contributed by atoms with Gasteiger partial charge in [0.2, 0.25) is 0 Å². The summed E-state index contributed by atoms with van der Waals surface area (Å²) in [5.41, 5.74) is 8.65. The van der Waals surface area contributed by atoms with Gasteiger partial charge in [-0.15, -0.1) is 0 Å². The molecule has 0 fully saturated rings. The molecule has 2 rings (SSSR count). The third-order valence-electron chi connectivity index (χ3n) is 3.44. The minimum absolute atomic E-state index is 0.727. The van der Waals surface area contributed by atoms with Gasteiger partial charge < -0.3 is 16.0 Å². The molecule has 0 radical (unpaired) electrons. The van der Waals surface area contributed by atoms with Crippen molar-refractivity contribution in [2.75, 3.05) is 37.2 Å². The van der Waals surface area contributed by atoms with E-state index in [-0.39, 0.29) is 0 Å². The van der Waals surface area contributed by atoms with E-state index >= 15 is 0 Å². The highest BCUT2D eigenvalue weighted by Crippen LogP contribution is 2.26. The standard InChI is InChI=1S/C15H22N4/c1-3-19(4-2)11-10-17-14-8-7-13(16)15-12(14)6-5-9-18-15/h5-9,17H,3-4,10-11,16H2,1-2H3. The number of nitrogens with zero attached hydrogens (tertiary/aromatic N) is 2. The predicted octanol–water partition coefficient (Wildman–Crippen LogP) is 2.57. The van der Waals surface area contributed by atoms with Gasteiger partial charge in [-0.3, -0.25) is 4.98 Å². The van der Waals surface area contributed by atoms with E-state index in [1.54, 1.807) is 6.20 Å². The van der Waals surface area contributed by atoms with Crippen LogP contribution in [0, 0.1) is 0 Å². The fraction of sp³-hybridized carbons (Fsp3) is 0.400. The molecule has 19 heavy (non-hydrogen) atoms. The second-order valence-corrected chi connectivity index (χ2v) is 4.56. The molecule has 4 heteroatoms. The Balaban J connectivity index is 2.11. The Morgan fingerprint density at radius 1 is 1.21 bits per heavy atom. The van der Waals surface area contributed by atoms with Crippen molar-refractivity contribution in [2.45, 2.75) is 13.8 Å². The number of anilines is 2. The van der Waals surface area contributed by atoms with Crippen molar-refractivity contribution < 1.29 is 0 Å². The molecule has 0 atom stereocenters. The largest absolute Gasteiger partial charge is 0.397 e. The molecular formula is C15H22N4. The summed E-state index contributed by atoms with van der Waals surface area (Å²) in [5.74, 6) is 0. The van der Waals surface area contributed by atoms with Crippen LogP contribution in [0.5, 0.6) is 0 Å². The molecule has 102 valence electrons. The zero-order valence-corrected chi connectivity index (χ0v) is 11.7. The van der Waals surface area contributed by atoms with Crippen LogP contribution >= 0.6 is 0 Å². The molecule has 0 amide bonds. The van der Waals surface area contributed by atoms with Crippen LogP contribution in [-0.2, 0) is 0 Å². The number of rotatable bonds is 6. The maximum Gasteiger partial charge on any atom is 0.0951 e. The third kappa shape index (κ3) is 3.15. The SMILES string of the molecule is CCN(CC)CCNc1ccc(N)c2ncccc12. The number of benzene rings is 1. The van der Waals surface area contributed by atoms with E-state index in [2.05, 4.69) is 35.1 Å². The quantitative estimate of drug-likeness (QED) is 0.782. The zero-order valence-electron chi connectivity index (χ0n) is 11.7. The van der Waals surface area contributed by atoms with Crippen molar-refractivity contribution in [3.8, 4) is 0 Å². The van der Waals surface area contributed by atoms with E-state index in [9.17, 15) is 0 Å². The van der Waals surface area contributed by atoms with Gasteiger partial charge in [-0.25, -0.2) is 0 Å². The van der Waals surface area contributed by atoms with Crippen molar-refractivity contribution in [2.24, 2.45) is 0 Å². The summed E-state index contributed by atoms with van der Waals surface area (Å²) >= 11 is 0. The summed E-state index contributed by atoms with van der Waals surface area (Å²) in [7, 11) is 0. The lowest BCUT2D eigenvalue weighted by Crippen LogP contribution is -2.28. The monoisotopic (exact) mass is 258 g/mol. The fourth-order valence-electron chi connectivity index (χ4n) is 2.24. The average molecular weight is 258 g/mol. The molecule has 1 aromatic heterocycles. The lowest BCUT2D eigenvalue weighted by Gasteiger charge is -2.19. The van der Waals surface area contributed by atoms with Crippen LogP contribution < -0.4 is 11.1 Å². The van der Waals surface area contributed by atoms with Crippen LogP contribution in [0.1, 0.15) is 13.8 Å². The van der Waals surface area contributed by atoms with Crippen LogP contribution in [0.3, 0.4) is 0 Å². The fourth-order valence-corrected chi connectivity index (χ4v) is 2.24. The molecular weight excluding hydrogens is 236 g/mol. The molecule has 0 aliphatic carbocycles. The van der Waals surface area contributed by atoms with Crippen LogP contribution in [0.2, 0.25) is 0 Å². The number of hydrogen-bond donors (Lipinski definition) is 2. The first-order chi connectivity index (χ1) is 9.26. The number of pyridine rings is 1. The van der Waals surface area contributed by atoms with E-state index in [1.165, 1.54) is 0 Å². The van der Waals surface area contributed by atoms with Gasteiger partial charge in [0.15, 0.2) is 0 Å². The molecule has 1 heterocycles. The van der Waals surface area contributed by atoms with Gasteiger partial charge in [-0.05, 0) is 37.4 Å². The predicted molar refractivity (Wildman–Crippen MR) is 82.4 cm³/mol. The average Bonchev–Trinajstić information content (AvgIpc) is 2.46. The summed E-state index contributed by atoms with van der Waals surface area (Å²) < 4.78 is 0. The number of fused-ring (bicyclic) bond motifs is 1. The summed E-state index contributed by atoms with van der Waals surface area (Å²) in [4.78, 5) is 6.74. The Kier molecular flexibility index (Phi) is 4.58. The Labute approximate surface area is 114 Å². The van der Waals surface area contributed by atoms with Gasteiger partial charge in [-0.2, -0.15) is 0 Å². The van der Waals surface area contributed by atoms with Crippen LogP contribution in [0.25, 0.3) is 10.9 Å². The van der Waals surface area contributed by atoms with Crippen molar-refractivity contribution in [1.29, 1.82) is 0 Å². The van der Waals surface area contributed by atoms with Crippen molar-refractivity contribution in [1.82, 2.24) is 9.88 Å². The first-order valence-corrected chi connectivity index (χ1v) is 6.85. The first-order valence-electron chi connectivity index (χ1n) is 6.85. The lowest BCUT2D eigenvalue weighted by atomic mass is 10.1. The molecule has 0 bridgehead atoms. The Morgan fingerprint density at radius 3 is 2.74 bits per heavy atom. The summed E-state index contributed by atoms with van der Waals surface area (Å²) in [6.45, 7) is 8.51. The number of nitrogens with one attached hydrogen (secondary N) is 1. The maximum absolute atomic E-state index is 5.95. The Hall–Kier alpha value is -1.81. The number of nitrogens with two attached hydrogens (primary N) is 1. The summed E-state index contributed by atoms with van der Waals surface area (Å²) in [6, 6.07) is 7.94. The van der Waals surface area contributed by atoms with Crippen LogP contribution in [-0.4, -0.2) is 36.1 Å². The Bertz CT molecular complexity index is 535. The number of likely N-dealkylation sites (N-methyl/N-ethyl adjacent to an activating group) is 1. The normalized spacial score (nSPS) is 11.1. The minimum Gasteiger partial charge on any atom is -0.397 e. The first kappa shape index (κ1) is 13.6. The van der Waals surface area contributed by atoms with Crippen molar-refractivity contribution in [3.63, 3.8) is 0 Å². The number of nitrogen functional groups attached to an aromatic ring is 1. The van der Waals surface area contributed by atoms with Gasteiger partial charge in [-0.1, -0.05) is 13.8 Å². The molecule has 1 aromatic carbocycles. The molecule has 4 nitrogen and oxygen atoms in total. The molecule has 0 saturated heterocycles. The third-order valence-corrected chi connectivity index (χ3v) is 3.44. The topological polar surface area (TPSA) is 54.2 Å². The van der Waals surface area contributed by atoms with Crippen LogP contribution in [0.4, 0.5) is 11.4 Å². The lowest BCUT2D eigenvalue weighted by molar-refractivity contribution is 0.316. The summed E-state index contributed by atoms with van der Waals surface area (Å²) in [5, 5.41) is 4.56. The summed E-state index contributed by atoms with van der Waals surface area (Å²) in [6.07, 6.45) is 1.78. The number of hydrogen-bond acceptors (Lipinski definition) is 4. The minimum atomic E-state index is 0.727. The van der Waals surface area contributed by atoms with E-state index in [0.717, 1.165) is 48.5 Å². The molecule has 3 N–H and O–H groups in total. The van der Waals surface area contributed by atoms with Gasteiger partial charge in [0.25, 0.3) is 0 Å². The molecule has 0 aliphatic heterocycles. The number of aromatic nitrogens is 1.